The van der Waals surface area contributed by atoms with Gasteiger partial charge in [0.1, 0.15) is 6.04 Å². The molecular formula is C15H11BrF3NO. The van der Waals surface area contributed by atoms with E-state index in [-0.39, 0.29) is 16.9 Å². The quantitative estimate of drug-likeness (QED) is 0.834. The summed E-state index contributed by atoms with van der Waals surface area (Å²) in [5.74, 6) is -0.348. The second kappa shape index (κ2) is 5.99. The first-order valence-electron chi connectivity index (χ1n) is 6.01. The average molecular weight is 358 g/mol. The van der Waals surface area contributed by atoms with Crippen molar-refractivity contribution in [2.75, 3.05) is 0 Å². The van der Waals surface area contributed by atoms with Gasteiger partial charge in [0.25, 0.3) is 0 Å². The highest BCUT2D eigenvalue weighted by Crippen LogP contribution is 2.31. The lowest BCUT2D eigenvalue weighted by Crippen LogP contribution is -2.28. The number of nitrogens with two attached hydrogens (primary N) is 1. The molecule has 0 aliphatic rings. The normalized spacial score (nSPS) is 13.0. The summed E-state index contributed by atoms with van der Waals surface area (Å²) in [6, 6.07) is 9.79. The second-order valence-corrected chi connectivity index (χ2v) is 5.40. The van der Waals surface area contributed by atoms with E-state index in [0.29, 0.717) is 5.56 Å². The summed E-state index contributed by atoms with van der Waals surface area (Å²) in [6.45, 7) is 0. The first kappa shape index (κ1) is 15.7. The number of ketones is 1. The predicted molar refractivity (Wildman–Crippen MR) is 77.0 cm³/mol. The van der Waals surface area contributed by atoms with Crippen LogP contribution in [-0.4, -0.2) is 12.0 Å². The van der Waals surface area contributed by atoms with E-state index in [4.69, 9.17) is 5.73 Å². The lowest BCUT2D eigenvalue weighted by Gasteiger charge is -2.16. The zero-order chi connectivity index (χ0) is 15.6. The van der Waals surface area contributed by atoms with Crippen LogP contribution in [0.4, 0.5) is 13.2 Å². The summed E-state index contributed by atoms with van der Waals surface area (Å²) < 4.78 is 38.7. The third kappa shape index (κ3) is 3.71. The lowest BCUT2D eigenvalue weighted by atomic mass is 9.98. The molecule has 2 N–H and O–H groups in total. The molecule has 0 amide bonds. The molecule has 0 bridgehead atoms. The smallest absolute Gasteiger partial charge is 0.316 e. The number of carbonyl (C=O) groups excluding carboxylic acids is 1. The highest BCUT2D eigenvalue weighted by molar-refractivity contribution is 9.10. The molecule has 2 aromatic rings. The fourth-order valence-corrected chi connectivity index (χ4v) is 2.09. The van der Waals surface area contributed by atoms with Crippen molar-refractivity contribution in [1.82, 2.24) is 0 Å². The van der Waals surface area contributed by atoms with Gasteiger partial charge in [-0.1, -0.05) is 34.1 Å². The summed E-state index contributed by atoms with van der Waals surface area (Å²) >= 11 is 3.25. The molecule has 0 fully saturated rings. The number of rotatable bonds is 3. The van der Waals surface area contributed by atoms with E-state index in [1.54, 1.807) is 24.3 Å². The maximum Gasteiger partial charge on any atom is 0.407 e. The van der Waals surface area contributed by atoms with Gasteiger partial charge in [-0.15, -0.1) is 0 Å². The molecule has 2 nitrogen and oxygen atoms in total. The van der Waals surface area contributed by atoms with Gasteiger partial charge in [-0.25, -0.2) is 0 Å². The molecule has 6 heteroatoms. The van der Waals surface area contributed by atoms with E-state index in [9.17, 15) is 18.0 Å². The first-order chi connectivity index (χ1) is 9.79. The third-order valence-electron chi connectivity index (χ3n) is 2.97. The van der Waals surface area contributed by atoms with E-state index in [0.717, 1.165) is 4.47 Å². The minimum Gasteiger partial charge on any atom is -0.316 e. The molecule has 110 valence electrons. The van der Waals surface area contributed by atoms with Crippen LogP contribution >= 0.6 is 15.9 Å². The maximum absolute atomic E-state index is 12.6. The summed E-state index contributed by atoms with van der Waals surface area (Å²) in [5.41, 5.74) is 5.60. The molecule has 0 spiro atoms. The fourth-order valence-electron chi connectivity index (χ4n) is 1.83. The SMILES string of the molecule is NC(c1cccc(C(=O)c2ccc(Br)cc2)c1)C(F)(F)F. The van der Waals surface area contributed by atoms with Crippen molar-refractivity contribution in [2.24, 2.45) is 5.73 Å². The number of halogens is 4. The van der Waals surface area contributed by atoms with E-state index in [2.05, 4.69) is 15.9 Å². The Bertz CT molecular complexity index is 653. The topological polar surface area (TPSA) is 43.1 Å². The molecular weight excluding hydrogens is 347 g/mol. The van der Waals surface area contributed by atoms with Crippen LogP contribution in [-0.2, 0) is 0 Å². The van der Waals surface area contributed by atoms with Crippen LogP contribution < -0.4 is 5.73 Å². The molecule has 0 saturated carbocycles. The van der Waals surface area contributed by atoms with Crippen molar-refractivity contribution in [1.29, 1.82) is 0 Å². The molecule has 0 aliphatic carbocycles. The van der Waals surface area contributed by atoms with Gasteiger partial charge in [0, 0.05) is 15.6 Å². The van der Waals surface area contributed by atoms with Crippen LogP contribution in [0.25, 0.3) is 0 Å². The van der Waals surface area contributed by atoms with Crippen molar-refractivity contribution in [2.45, 2.75) is 12.2 Å². The molecule has 0 aliphatic heterocycles. The Labute approximate surface area is 127 Å². The predicted octanol–water partition coefficient (Wildman–Crippen LogP) is 4.24. The Kier molecular flexibility index (Phi) is 4.49. The zero-order valence-corrected chi connectivity index (χ0v) is 12.3. The van der Waals surface area contributed by atoms with Gasteiger partial charge in [0.05, 0.1) is 0 Å². The Morgan fingerprint density at radius 1 is 1.05 bits per heavy atom. The molecule has 21 heavy (non-hydrogen) atoms. The Morgan fingerprint density at radius 3 is 2.24 bits per heavy atom. The van der Waals surface area contributed by atoms with Crippen LogP contribution in [0.15, 0.2) is 53.0 Å². The van der Waals surface area contributed by atoms with Crippen LogP contribution in [0.1, 0.15) is 27.5 Å². The molecule has 2 aromatic carbocycles. The first-order valence-corrected chi connectivity index (χ1v) is 6.81. The Morgan fingerprint density at radius 2 is 1.67 bits per heavy atom. The van der Waals surface area contributed by atoms with E-state index < -0.39 is 12.2 Å². The number of hydrogen-bond donors (Lipinski definition) is 1. The highest BCUT2D eigenvalue weighted by atomic mass is 79.9. The fraction of sp³-hybridized carbons (Fsp3) is 0.133. The van der Waals surface area contributed by atoms with E-state index >= 15 is 0 Å². The van der Waals surface area contributed by atoms with Crippen LogP contribution in [0, 0.1) is 0 Å². The van der Waals surface area contributed by atoms with Crippen molar-refractivity contribution < 1.29 is 18.0 Å². The average Bonchev–Trinajstić information content (AvgIpc) is 2.45. The molecule has 0 heterocycles. The molecule has 0 radical (unpaired) electrons. The molecule has 1 atom stereocenters. The van der Waals surface area contributed by atoms with Gasteiger partial charge in [0.15, 0.2) is 5.78 Å². The summed E-state index contributed by atoms with van der Waals surface area (Å²) in [7, 11) is 0. The molecule has 1 unspecified atom stereocenters. The minimum absolute atomic E-state index is 0.134. The summed E-state index contributed by atoms with van der Waals surface area (Å²) in [4.78, 5) is 12.2. The maximum atomic E-state index is 12.6. The lowest BCUT2D eigenvalue weighted by molar-refractivity contribution is -0.149. The number of benzene rings is 2. The Hall–Kier alpha value is -1.66. The summed E-state index contributed by atoms with van der Waals surface area (Å²) in [6.07, 6.45) is -4.54. The highest BCUT2D eigenvalue weighted by Gasteiger charge is 2.37. The van der Waals surface area contributed by atoms with Crippen molar-refractivity contribution in [3.05, 3.63) is 69.7 Å². The number of hydrogen-bond acceptors (Lipinski definition) is 2. The van der Waals surface area contributed by atoms with Gasteiger partial charge in [-0.3, -0.25) is 4.79 Å². The van der Waals surface area contributed by atoms with Crippen LogP contribution in [0.5, 0.6) is 0 Å². The Balaban J connectivity index is 2.33. The molecule has 0 saturated heterocycles. The van der Waals surface area contributed by atoms with Crippen molar-refractivity contribution >= 4 is 21.7 Å². The minimum atomic E-state index is -4.54. The van der Waals surface area contributed by atoms with Gasteiger partial charge < -0.3 is 5.73 Å². The largest absolute Gasteiger partial charge is 0.407 e. The summed E-state index contributed by atoms with van der Waals surface area (Å²) in [5, 5.41) is 0. The third-order valence-corrected chi connectivity index (χ3v) is 3.50. The van der Waals surface area contributed by atoms with Crippen LogP contribution in [0.2, 0.25) is 0 Å². The van der Waals surface area contributed by atoms with E-state index in [1.165, 1.54) is 24.3 Å². The van der Waals surface area contributed by atoms with Gasteiger partial charge >= 0.3 is 6.18 Å². The van der Waals surface area contributed by atoms with Gasteiger partial charge in [-0.05, 0) is 35.9 Å². The zero-order valence-electron chi connectivity index (χ0n) is 10.7. The van der Waals surface area contributed by atoms with Gasteiger partial charge in [-0.2, -0.15) is 13.2 Å². The van der Waals surface area contributed by atoms with Crippen LogP contribution in [0.3, 0.4) is 0 Å². The standard InChI is InChI=1S/C15H11BrF3NO/c16-12-6-4-9(5-7-12)13(21)10-2-1-3-11(8-10)14(20)15(17,18)19/h1-8,14H,20H2. The number of alkyl halides is 3. The second-order valence-electron chi connectivity index (χ2n) is 4.48. The monoisotopic (exact) mass is 357 g/mol. The van der Waals surface area contributed by atoms with Crippen molar-refractivity contribution in [3.8, 4) is 0 Å². The molecule has 0 aromatic heterocycles. The van der Waals surface area contributed by atoms with Crippen molar-refractivity contribution in [3.63, 3.8) is 0 Å². The van der Waals surface area contributed by atoms with Gasteiger partial charge in [0.2, 0.25) is 0 Å². The van der Waals surface area contributed by atoms with E-state index in [1.807, 2.05) is 0 Å². The number of carbonyl (C=O) groups is 1. The molecule has 2 rings (SSSR count).